The first kappa shape index (κ1) is 21.5. The molecule has 1 atom stereocenters. The number of furan rings is 1. The van der Waals surface area contributed by atoms with Crippen molar-refractivity contribution in [1.82, 2.24) is 10.0 Å². The van der Waals surface area contributed by atoms with Gasteiger partial charge in [-0.2, -0.15) is 0 Å². The highest BCUT2D eigenvalue weighted by molar-refractivity contribution is 7.89. The molecule has 0 fully saturated rings. The fraction of sp³-hybridized carbons (Fsp3) is 0.182. The summed E-state index contributed by atoms with van der Waals surface area (Å²) >= 11 is 0. The summed E-state index contributed by atoms with van der Waals surface area (Å²) in [6.45, 7) is 1.28. The van der Waals surface area contributed by atoms with Crippen molar-refractivity contribution in [2.24, 2.45) is 0 Å². The number of carbonyl (C=O) groups is 2. The molecular formula is C22H22N2O5S. The van der Waals surface area contributed by atoms with E-state index in [2.05, 4.69) is 10.0 Å². The minimum absolute atomic E-state index is 0.0200. The molecule has 1 aromatic heterocycles. The topological polar surface area (TPSA) is 105 Å². The Kier molecular flexibility index (Phi) is 6.81. The molecule has 3 rings (SSSR count). The standard InChI is InChI=1S/C22H22N2O5S/c1-16(25)18-9-5-10-19(15-18)30(27,28)23-13-12-21(26)24-22(20-11-6-14-29-20)17-7-3-2-4-8-17/h2-11,14-15,22-23H,12-13H2,1H3,(H,24,26). The molecule has 1 unspecified atom stereocenters. The van der Waals surface area contributed by atoms with Crippen LogP contribution in [0.3, 0.4) is 0 Å². The number of amides is 1. The molecule has 0 saturated carbocycles. The van der Waals surface area contributed by atoms with Crippen molar-refractivity contribution >= 4 is 21.7 Å². The van der Waals surface area contributed by atoms with Crippen LogP contribution in [0.15, 0.2) is 82.3 Å². The maximum atomic E-state index is 12.5. The van der Waals surface area contributed by atoms with Crippen LogP contribution in [0, 0.1) is 0 Å². The molecule has 30 heavy (non-hydrogen) atoms. The van der Waals surface area contributed by atoms with Gasteiger partial charge in [0.2, 0.25) is 15.9 Å². The van der Waals surface area contributed by atoms with Crippen LogP contribution >= 0.6 is 0 Å². The van der Waals surface area contributed by atoms with E-state index in [4.69, 9.17) is 4.42 Å². The third-order valence-electron chi connectivity index (χ3n) is 4.46. The fourth-order valence-corrected chi connectivity index (χ4v) is 3.99. The molecule has 156 valence electrons. The second-order valence-corrected chi connectivity index (χ2v) is 8.43. The highest BCUT2D eigenvalue weighted by atomic mass is 32.2. The van der Waals surface area contributed by atoms with Crippen molar-refractivity contribution in [3.05, 3.63) is 89.9 Å². The second-order valence-electron chi connectivity index (χ2n) is 6.66. The molecule has 0 aliphatic rings. The molecule has 0 spiro atoms. The zero-order valence-corrected chi connectivity index (χ0v) is 17.2. The predicted molar refractivity (Wildman–Crippen MR) is 111 cm³/mol. The van der Waals surface area contributed by atoms with E-state index in [9.17, 15) is 18.0 Å². The lowest BCUT2D eigenvalue weighted by Crippen LogP contribution is -2.33. The lowest BCUT2D eigenvalue weighted by molar-refractivity contribution is -0.121. The van der Waals surface area contributed by atoms with Gasteiger partial charge in [0.1, 0.15) is 11.8 Å². The molecule has 8 heteroatoms. The van der Waals surface area contributed by atoms with E-state index in [1.807, 2.05) is 30.3 Å². The van der Waals surface area contributed by atoms with E-state index in [1.165, 1.54) is 31.4 Å². The lowest BCUT2D eigenvalue weighted by atomic mass is 10.0. The number of hydrogen-bond acceptors (Lipinski definition) is 5. The zero-order valence-electron chi connectivity index (χ0n) is 16.4. The molecule has 2 aromatic carbocycles. The minimum Gasteiger partial charge on any atom is -0.467 e. The highest BCUT2D eigenvalue weighted by Gasteiger charge is 2.20. The largest absolute Gasteiger partial charge is 0.467 e. The van der Waals surface area contributed by atoms with Gasteiger partial charge in [0, 0.05) is 18.5 Å². The van der Waals surface area contributed by atoms with Crippen LogP contribution in [0.5, 0.6) is 0 Å². The van der Waals surface area contributed by atoms with E-state index in [1.54, 1.807) is 18.2 Å². The van der Waals surface area contributed by atoms with E-state index < -0.39 is 16.1 Å². The van der Waals surface area contributed by atoms with Crippen LogP contribution in [0.1, 0.15) is 41.1 Å². The van der Waals surface area contributed by atoms with Gasteiger partial charge in [-0.1, -0.05) is 42.5 Å². The van der Waals surface area contributed by atoms with Crippen LogP contribution in [-0.2, 0) is 14.8 Å². The number of ketones is 1. The Labute approximate surface area is 175 Å². The first-order valence-electron chi connectivity index (χ1n) is 9.35. The number of hydrogen-bond donors (Lipinski definition) is 2. The van der Waals surface area contributed by atoms with Crippen molar-refractivity contribution in [2.45, 2.75) is 24.3 Å². The number of nitrogens with one attached hydrogen (secondary N) is 2. The van der Waals surface area contributed by atoms with Crippen molar-refractivity contribution in [3.63, 3.8) is 0 Å². The Morgan fingerprint density at radius 1 is 1.00 bits per heavy atom. The van der Waals surface area contributed by atoms with Crippen molar-refractivity contribution < 1.29 is 22.4 Å². The molecule has 1 amide bonds. The summed E-state index contributed by atoms with van der Waals surface area (Å²) in [5.74, 6) is 0.0212. The van der Waals surface area contributed by atoms with Gasteiger partial charge >= 0.3 is 0 Å². The summed E-state index contributed by atoms with van der Waals surface area (Å²) in [4.78, 5) is 23.9. The van der Waals surface area contributed by atoms with Crippen molar-refractivity contribution in [2.75, 3.05) is 6.54 Å². The molecule has 7 nitrogen and oxygen atoms in total. The van der Waals surface area contributed by atoms with Gasteiger partial charge in [0.05, 0.1) is 11.2 Å². The highest BCUT2D eigenvalue weighted by Crippen LogP contribution is 2.22. The summed E-state index contributed by atoms with van der Waals surface area (Å²) in [5.41, 5.74) is 1.15. The number of benzene rings is 2. The Hall–Kier alpha value is -3.23. The average Bonchev–Trinajstić information content (AvgIpc) is 3.27. The third-order valence-corrected chi connectivity index (χ3v) is 5.92. The Morgan fingerprint density at radius 3 is 2.43 bits per heavy atom. The van der Waals surface area contributed by atoms with Crippen molar-refractivity contribution in [3.8, 4) is 0 Å². The Balaban J connectivity index is 1.62. The van der Waals surface area contributed by atoms with Crippen LogP contribution in [-0.4, -0.2) is 26.7 Å². The van der Waals surface area contributed by atoms with Crippen LogP contribution in [0.25, 0.3) is 0 Å². The smallest absolute Gasteiger partial charge is 0.240 e. The third kappa shape index (κ3) is 5.43. The predicted octanol–water partition coefficient (Wildman–Crippen LogP) is 3.06. The Bertz CT molecular complexity index is 1110. The molecular weight excluding hydrogens is 404 g/mol. The molecule has 2 N–H and O–H groups in total. The SMILES string of the molecule is CC(=O)c1cccc(S(=O)(=O)NCCC(=O)NC(c2ccccc2)c2ccco2)c1. The van der Waals surface area contributed by atoms with Crippen LogP contribution < -0.4 is 10.0 Å². The molecule has 1 heterocycles. The molecule has 0 radical (unpaired) electrons. The molecule has 0 bridgehead atoms. The van der Waals surface area contributed by atoms with Crippen LogP contribution in [0.2, 0.25) is 0 Å². The van der Waals surface area contributed by atoms with E-state index in [0.29, 0.717) is 11.3 Å². The summed E-state index contributed by atoms with van der Waals surface area (Å²) < 4.78 is 32.7. The normalized spacial score (nSPS) is 12.3. The van der Waals surface area contributed by atoms with Gasteiger partial charge in [-0.05, 0) is 36.8 Å². The number of rotatable bonds is 9. The quantitative estimate of drug-likeness (QED) is 0.512. The van der Waals surface area contributed by atoms with E-state index >= 15 is 0 Å². The summed E-state index contributed by atoms with van der Waals surface area (Å²) in [5, 5.41) is 2.87. The maximum Gasteiger partial charge on any atom is 0.240 e. The first-order chi connectivity index (χ1) is 14.4. The van der Waals surface area contributed by atoms with Gasteiger partial charge in [0.25, 0.3) is 0 Å². The maximum absolute atomic E-state index is 12.5. The zero-order chi connectivity index (χ0) is 21.6. The molecule has 0 aliphatic carbocycles. The van der Waals surface area contributed by atoms with Gasteiger partial charge < -0.3 is 9.73 Å². The van der Waals surface area contributed by atoms with Crippen molar-refractivity contribution in [1.29, 1.82) is 0 Å². The molecule has 3 aromatic rings. The molecule has 0 aliphatic heterocycles. The number of sulfonamides is 1. The number of carbonyl (C=O) groups excluding carboxylic acids is 2. The lowest BCUT2D eigenvalue weighted by Gasteiger charge is -2.17. The number of Topliss-reactive ketones (excluding diaryl/α,β-unsaturated/α-hetero) is 1. The first-order valence-corrected chi connectivity index (χ1v) is 10.8. The van der Waals surface area contributed by atoms with E-state index in [0.717, 1.165) is 5.56 Å². The summed E-state index contributed by atoms with van der Waals surface area (Å²) in [6, 6.07) is 18.1. The average molecular weight is 426 g/mol. The fourth-order valence-electron chi connectivity index (χ4n) is 2.92. The van der Waals surface area contributed by atoms with Gasteiger partial charge in [0.15, 0.2) is 5.78 Å². The van der Waals surface area contributed by atoms with Gasteiger partial charge in [-0.15, -0.1) is 0 Å². The van der Waals surface area contributed by atoms with Crippen LogP contribution in [0.4, 0.5) is 0 Å². The van der Waals surface area contributed by atoms with E-state index in [-0.39, 0.29) is 29.6 Å². The Morgan fingerprint density at radius 2 is 1.77 bits per heavy atom. The molecule has 0 saturated heterocycles. The minimum atomic E-state index is -3.84. The summed E-state index contributed by atoms with van der Waals surface area (Å²) in [6.07, 6.45) is 1.47. The monoisotopic (exact) mass is 426 g/mol. The summed E-state index contributed by atoms with van der Waals surface area (Å²) in [7, 11) is -3.84. The second kappa shape index (κ2) is 9.51. The van der Waals surface area contributed by atoms with Gasteiger partial charge in [-0.25, -0.2) is 13.1 Å². The van der Waals surface area contributed by atoms with Gasteiger partial charge in [-0.3, -0.25) is 9.59 Å².